The molecule has 0 aromatic heterocycles. The maximum absolute atomic E-state index is 14.4. The number of benzene rings is 15. The second kappa shape index (κ2) is 47.1. The van der Waals surface area contributed by atoms with Crippen molar-refractivity contribution in [3.05, 3.63) is 501 Å². The van der Waals surface area contributed by atoms with Gasteiger partial charge >= 0.3 is 30.9 Å². The average molecular weight is 2040 g/mol. The molecule has 0 atom stereocenters. The van der Waals surface area contributed by atoms with Crippen LogP contribution in [0.1, 0.15) is 146 Å². The lowest BCUT2D eigenvalue weighted by atomic mass is 9.99. The highest BCUT2D eigenvalue weighted by Crippen LogP contribution is 2.40. The Labute approximate surface area is 806 Å². The largest absolute Gasteiger partial charge is 0.416 e. The molecular formula is C107H71F28N5O5. The third-order valence-corrected chi connectivity index (χ3v) is 21.3. The zero-order chi connectivity index (χ0) is 106. The van der Waals surface area contributed by atoms with Crippen molar-refractivity contribution in [3.8, 4) is 0 Å². The molecule has 15 rings (SSSR count). The van der Waals surface area contributed by atoms with Crippen LogP contribution in [0.25, 0.3) is 0 Å². The molecule has 5 amide bonds. The van der Waals surface area contributed by atoms with Crippen LogP contribution >= 0.6 is 0 Å². The number of hydrogen-bond acceptors (Lipinski definition) is 5. The smallest absolute Gasteiger partial charge is 0.322 e. The van der Waals surface area contributed by atoms with Gasteiger partial charge in [-0.15, -0.1) is 0 Å². The summed E-state index contributed by atoms with van der Waals surface area (Å²) >= 11 is 0. The fourth-order valence-corrected chi connectivity index (χ4v) is 14.4. The van der Waals surface area contributed by atoms with Gasteiger partial charge in [0.25, 0.3) is 29.5 Å². The molecule has 0 unspecified atom stereocenters. The maximum Gasteiger partial charge on any atom is 0.416 e. The molecule has 0 saturated heterocycles. The number of carbonyl (C=O) groups excluding carboxylic acids is 5. The fourth-order valence-electron chi connectivity index (χ4n) is 14.4. The second-order valence-corrected chi connectivity index (χ2v) is 31.8. The van der Waals surface area contributed by atoms with E-state index in [1.807, 2.05) is 0 Å². The van der Waals surface area contributed by atoms with Gasteiger partial charge in [-0.3, -0.25) is 24.0 Å². The van der Waals surface area contributed by atoms with E-state index in [1.54, 1.807) is 25.1 Å². The van der Waals surface area contributed by atoms with E-state index in [4.69, 9.17) is 0 Å². The lowest BCUT2D eigenvalue weighted by Crippen LogP contribution is -2.16. The van der Waals surface area contributed by atoms with Crippen molar-refractivity contribution in [2.45, 2.75) is 76.8 Å². The van der Waals surface area contributed by atoms with Crippen LogP contribution < -0.4 is 26.6 Å². The van der Waals surface area contributed by atoms with Gasteiger partial charge in [-0.25, -0.2) is 57.1 Å². The average Bonchev–Trinajstić information content (AvgIpc) is 0.934. The SMILES string of the molecule is Cc1cc(F)c(C(=O)Nc2ccc(Cc3ccc(F)cc3C(F)(F)F)cc2)c(F)c1.Cc1cccc(F)c1C(=O)Nc1ccc(Cc2ccc(F)cc2C(F)(F)F)cc1.O=C(Nc1ccc(Cc2ccc(F)cc2C(F)(F)F)cc1)c1c(F)cccc1F.O=C(Nc1ccc(Cc2ccccc2C(F)(F)F)c(F)c1)c1c(F)cccc1F.O=C(Nc1ccc(Cc2ccccc2C(F)(F)F)c(F)c1)c1ccccc1F. The summed E-state index contributed by atoms with van der Waals surface area (Å²) in [5.74, 6) is -16.6. The Bertz CT molecular complexity index is 6980. The van der Waals surface area contributed by atoms with Crippen molar-refractivity contribution in [1.82, 2.24) is 0 Å². The molecule has 0 saturated carbocycles. The zero-order valence-electron chi connectivity index (χ0n) is 74.5. The van der Waals surface area contributed by atoms with E-state index in [2.05, 4.69) is 26.6 Å². The first-order chi connectivity index (χ1) is 68.3. The third-order valence-electron chi connectivity index (χ3n) is 21.3. The van der Waals surface area contributed by atoms with E-state index in [0.29, 0.717) is 51.7 Å². The van der Waals surface area contributed by atoms with Crippen molar-refractivity contribution < 1.29 is 147 Å². The molecule has 15 aromatic rings. The highest BCUT2D eigenvalue weighted by atomic mass is 19.4. The van der Waals surface area contributed by atoms with E-state index >= 15 is 0 Å². The molecule has 15 aromatic carbocycles. The first-order valence-corrected chi connectivity index (χ1v) is 42.4. The van der Waals surface area contributed by atoms with E-state index in [-0.39, 0.29) is 105 Å². The van der Waals surface area contributed by atoms with E-state index in [0.717, 1.165) is 115 Å². The Morgan fingerprint density at radius 1 is 0.207 bits per heavy atom. The Balaban J connectivity index is 0.000000173. The van der Waals surface area contributed by atoms with Gasteiger partial charge in [-0.2, -0.15) is 65.9 Å². The summed E-state index contributed by atoms with van der Waals surface area (Å²) in [7, 11) is 0. The molecule has 0 fully saturated rings. The molecule has 0 aliphatic rings. The summed E-state index contributed by atoms with van der Waals surface area (Å²) in [5, 5.41) is 11.8. The normalized spacial score (nSPS) is 11.4. The van der Waals surface area contributed by atoms with E-state index < -0.39 is 181 Å². The number of carbonyl (C=O) groups is 5. The van der Waals surface area contributed by atoms with Crippen molar-refractivity contribution in [3.63, 3.8) is 0 Å². The molecule has 5 N–H and O–H groups in total. The van der Waals surface area contributed by atoms with Crippen LogP contribution in [0.2, 0.25) is 0 Å². The lowest BCUT2D eigenvalue weighted by Gasteiger charge is -2.13. The molecule has 38 heteroatoms. The summed E-state index contributed by atoms with van der Waals surface area (Å²) in [6.07, 6.45) is -24.1. The highest BCUT2D eigenvalue weighted by molar-refractivity contribution is 6.07. The van der Waals surface area contributed by atoms with Gasteiger partial charge in [-0.1, -0.05) is 140 Å². The zero-order valence-corrected chi connectivity index (χ0v) is 74.5. The van der Waals surface area contributed by atoms with Crippen LogP contribution in [0.5, 0.6) is 0 Å². The van der Waals surface area contributed by atoms with Crippen LogP contribution in [0.3, 0.4) is 0 Å². The number of alkyl halides is 15. The Morgan fingerprint density at radius 3 is 0.779 bits per heavy atom. The molecule has 0 aliphatic heterocycles. The number of anilines is 5. The number of hydrogen-bond donors (Lipinski definition) is 5. The van der Waals surface area contributed by atoms with Crippen molar-refractivity contribution in [2.75, 3.05) is 26.6 Å². The van der Waals surface area contributed by atoms with Gasteiger partial charge in [0.05, 0.1) is 38.9 Å². The molecule has 0 bridgehead atoms. The van der Waals surface area contributed by atoms with Crippen molar-refractivity contribution in [1.29, 1.82) is 0 Å². The molecule has 145 heavy (non-hydrogen) atoms. The first kappa shape index (κ1) is 109. The maximum atomic E-state index is 14.4. The van der Waals surface area contributed by atoms with Gasteiger partial charge in [0, 0.05) is 41.3 Å². The summed E-state index contributed by atoms with van der Waals surface area (Å²) in [5.41, 5.74) is -4.79. The predicted molar refractivity (Wildman–Crippen MR) is 484 cm³/mol. The minimum atomic E-state index is -4.70. The summed E-state index contributed by atoms with van der Waals surface area (Å²) < 4.78 is 375. The van der Waals surface area contributed by atoms with Gasteiger partial charge in [-0.05, 0) is 264 Å². The minimum absolute atomic E-state index is 0.0308. The van der Waals surface area contributed by atoms with Crippen LogP contribution in [0.4, 0.5) is 151 Å². The number of amides is 5. The van der Waals surface area contributed by atoms with Crippen molar-refractivity contribution in [2.24, 2.45) is 0 Å². The molecule has 0 spiro atoms. The minimum Gasteiger partial charge on any atom is -0.322 e. The summed E-state index contributed by atoms with van der Waals surface area (Å²) in [6.45, 7) is 3.10. The van der Waals surface area contributed by atoms with E-state index in [1.165, 1.54) is 159 Å². The lowest BCUT2D eigenvalue weighted by molar-refractivity contribution is -0.139. The van der Waals surface area contributed by atoms with Crippen LogP contribution in [-0.4, -0.2) is 29.5 Å². The number of rotatable bonds is 20. The topological polar surface area (TPSA) is 146 Å². The van der Waals surface area contributed by atoms with Gasteiger partial charge in [0.1, 0.15) is 92.3 Å². The van der Waals surface area contributed by atoms with E-state index in [9.17, 15) is 147 Å². The van der Waals surface area contributed by atoms with Crippen LogP contribution in [0, 0.1) is 89.5 Å². The molecule has 10 nitrogen and oxygen atoms in total. The fraction of sp³-hybridized carbons (Fsp3) is 0.112. The molecule has 0 aliphatic carbocycles. The molecular weight excluding hydrogens is 1970 g/mol. The van der Waals surface area contributed by atoms with Crippen LogP contribution in [0.15, 0.2) is 303 Å². The monoisotopic (exact) mass is 2040 g/mol. The number of halogens is 28. The molecule has 750 valence electrons. The van der Waals surface area contributed by atoms with Crippen LogP contribution in [-0.2, 0) is 63.0 Å². The standard InChI is InChI=1S/C22H15F6NO.C22H16F5NO.2C21H13F6NO.C21H14F5NO/c1-12-8-18(24)20(19(25)9-12)21(30)29-16-6-2-13(3-7-16)10-14-4-5-15(23)11-17(14)22(26,27)28;1-13-3-2-4-19(24)20(13)21(29)28-17-9-5-14(6-10-17)11-15-7-8-16(23)12-18(15)22(25,26)27;22-16-6-3-7-17(23)19(16)20(29)28-14-9-8-13(18(24)11-14)10-12-4-1-2-5-15(12)21(25,26)27;22-14-7-6-13(16(11-14)21(25,26)27)10-12-4-8-15(9-5-12)28-20(29)19-17(23)2-1-3-18(19)24;22-18-8-4-2-6-16(18)20(28)27-15-10-9-14(19(23)12-15)11-13-5-1-3-7-17(13)21(24,25)26/h2-9,11H,10H2,1H3,(H,29,30);2-10,12H,11H2,1H3,(H,28,29);2*1-9,11H,10H2,(H,28,29);1-10,12H,11H2,(H,27,28). The number of aryl methyl sites for hydroxylation is 2. The van der Waals surface area contributed by atoms with Crippen molar-refractivity contribution >= 4 is 58.0 Å². The molecule has 0 heterocycles. The van der Waals surface area contributed by atoms with Gasteiger partial charge in [0.2, 0.25) is 0 Å². The Morgan fingerprint density at radius 2 is 0.462 bits per heavy atom. The predicted octanol–water partition coefficient (Wildman–Crippen LogP) is 30.2. The summed E-state index contributed by atoms with van der Waals surface area (Å²) in [6, 6.07) is 59.3. The second-order valence-electron chi connectivity index (χ2n) is 31.8. The highest BCUT2D eigenvalue weighted by Gasteiger charge is 2.39. The van der Waals surface area contributed by atoms with Gasteiger partial charge < -0.3 is 26.6 Å². The third kappa shape index (κ3) is 29.9. The number of nitrogens with one attached hydrogen (secondary N) is 5. The van der Waals surface area contributed by atoms with Gasteiger partial charge in [0.15, 0.2) is 0 Å². The quantitative estimate of drug-likeness (QED) is 0.0483. The first-order valence-electron chi connectivity index (χ1n) is 42.4. The Hall–Kier alpha value is -16.3. The molecule has 0 radical (unpaired) electrons. The summed E-state index contributed by atoms with van der Waals surface area (Å²) in [4.78, 5) is 60.7. The Kier molecular flexibility index (Phi) is 35.4.